The van der Waals surface area contributed by atoms with Crippen LogP contribution in [0.2, 0.25) is 0 Å². The maximum atomic E-state index is 12.4. The van der Waals surface area contributed by atoms with E-state index in [1.807, 2.05) is 0 Å². The van der Waals surface area contributed by atoms with Crippen LogP contribution in [0, 0.1) is 13.8 Å². The van der Waals surface area contributed by atoms with Crippen molar-refractivity contribution in [3.63, 3.8) is 0 Å². The first-order valence-corrected chi connectivity index (χ1v) is 7.56. The molecular formula is C13H17N3O3S. The molecule has 0 aliphatic carbocycles. The minimum absolute atomic E-state index is 0.138. The molecule has 7 heteroatoms. The molecule has 0 saturated carbocycles. The lowest BCUT2D eigenvalue weighted by atomic mass is 10.2. The minimum atomic E-state index is -3.69. The van der Waals surface area contributed by atoms with Crippen LogP contribution in [0.5, 0.6) is 0 Å². The molecule has 2 N–H and O–H groups in total. The van der Waals surface area contributed by atoms with Gasteiger partial charge in [0, 0.05) is 12.7 Å². The molecule has 1 heterocycles. The van der Waals surface area contributed by atoms with E-state index < -0.39 is 10.0 Å². The van der Waals surface area contributed by atoms with Crippen LogP contribution in [0.4, 0.5) is 5.69 Å². The number of hydrogen-bond acceptors (Lipinski definition) is 4. The van der Waals surface area contributed by atoms with Gasteiger partial charge in [0.2, 0.25) is 0 Å². The van der Waals surface area contributed by atoms with Gasteiger partial charge in [-0.2, -0.15) is 5.10 Å². The molecule has 0 unspecified atom stereocenters. The minimum Gasteiger partial charge on any atom is -0.392 e. The van der Waals surface area contributed by atoms with Gasteiger partial charge in [-0.1, -0.05) is 12.1 Å². The Kier molecular flexibility index (Phi) is 3.82. The zero-order chi connectivity index (χ0) is 14.9. The van der Waals surface area contributed by atoms with Gasteiger partial charge in [-0.15, -0.1) is 0 Å². The van der Waals surface area contributed by atoms with Gasteiger partial charge in [-0.3, -0.25) is 9.40 Å². The SMILES string of the molecule is Cc1nn(C)c(C)c1S(=O)(=O)Nc1cccc(CO)c1. The Labute approximate surface area is 118 Å². The lowest BCUT2D eigenvalue weighted by Gasteiger charge is -2.09. The molecule has 0 amide bonds. The van der Waals surface area contributed by atoms with Crippen LogP contribution in [-0.4, -0.2) is 23.3 Å². The van der Waals surface area contributed by atoms with E-state index in [0.29, 0.717) is 22.6 Å². The molecule has 0 atom stereocenters. The molecule has 6 nitrogen and oxygen atoms in total. The van der Waals surface area contributed by atoms with Crippen LogP contribution in [0.15, 0.2) is 29.2 Å². The number of aliphatic hydroxyl groups is 1. The van der Waals surface area contributed by atoms with Crippen molar-refractivity contribution in [1.82, 2.24) is 9.78 Å². The lowest BCUT2D eigenvalue weighted by Crippen LogP contribution is -2.15. The summed E-state index contributed by atoms with van der Waals surface area (Å²) in [7, 11) is -1.99. The summed E-state index contributed by atoms with van der Waals surface area (Å²) in [5.74, 6) is 0. The normalized spacial score (nSPS) is 11.6. The molecular weight excluding hydrogens is 278 g/mol. The molecule has 0 bridgehead atoms. The molecule has 0 fully saturated rings. The van der Waals surface area contributed by atoms with Crippen molar-refractivity contribution >= 4 is 15.7 Å². The van der Waals surface area contributed by atoms with E-state index in [-0.39, 0.29) is 11.5 Å². The van der Waals surface area contributed by atoms with Crippen molar-refractivity contribution in [1.29, 1.82) is 0 Å². The largest absolute Gasteiger partial charge is 0.392 e. The second-order valence-corrected chi connectivity index (χ2v) is 6.21. The molecule has 2 rings (SSSR count). The van der Waals surface area contributed by atoms with Gasteiger partial charge in [-0.25, -0.2) is 8.42 Å². The van der Waals surface area contributed by atoms with Crippen molar-refractivity contribution in [3.05, 3.63) is 41.2 Å². The predicted octanol–water partition coefficient (Wildman–Crippen LogP) is 1.33. The monoisotopic (exact) mass is 295 g/mol. The van der Waals surface area contributed by atoms with E-state index in [0.717, 1.165) is 0 Å². The first-order chi connectivity index (χ1) is 9.35. The Morgan fingerprint density at radius 3 is 2.60 bits per heavy atom. The van der Waals surface area contributed by atoms with Crippen molar-refractivity contribution in [3.8, 4) is 0 Å². The molecule has 108 valence electrons. The summed E-state index contributed by atoms with van der Waals surface area (Å²) in [5.41, 5.74) is 2.09. The Balaban J connectivity index is 2.40. The second kappa shape index (κ2) is 5.26. The molecule has 0 aliphatic rings. The number of anilines is 1. The quantitative estimate of drug-likeness (QED) is 0.891. The Morgan fingerprint density at radius 2 is 2.05 bits per heavy atom. The summed E-state index contributed by atoms with van der Waals surface area (Å²) in [6, 6.07) is 6.64. The summed E-state index contributed by atoms with van der Waals surface area (Å²) < 4.78 is 28.9. The standard InChI is InChI=1S/C13H17N3O3S/c1-9-13(10(2)16(3)14-9)20(18,19)15-12-6-4-5-11(7-12)8-17/h4-7,15,17H,8H2,1-3H3. The fourth-order valence-corrected chi connectivity index (χ4v) is 3.57. The number of aromatic nitrogens is 2. The van der Waals surface area contributed by atoms with E-state index in [1.165, 1.54) is 4.68 Å². The molecule has 20 heavy (non-hydrogen) atoms. The van der Waals surface area contributed by atoms with Gasteiger partial charge in [0.1, 0.15) is 4.90 Å². The molecule has 0 radical (unpaired) electrons. The van der Waals surface area contributed by atoms with Crippen LogP contribution >= 0.6 is 0 Å². The maximum absolute atomic E-state index is 12.4. The number of benzene rings is 1. The van der Waals surface area contributed by atoms with E-state index >= 15 is 0 Å². The number of aryl methyl sites for hydroxylation is 2. The van der Waals surface area contributed by atoms with Gasteiger partial charge in [0.25, 0.3) is 10.0 Å². The summed E-state index contributed by atoms with van der Waals surface area (Å²) in [6.45, 7) is 3.23. The van der Waals surface area contributed by atoms with Crippen LogP contribution in [0.3, 0.4) is 0 Å². The summed E-state index contributed by atoms with van der Waals surface area (Å²) in [4.78, 5) is 0.189. The van der Waals surface area contributed by atoms with Gasteiger partial charge in [0.05, 0.1) is 18.0 Å². The van der Waals surface area contributed by atoms with Crippen LogP contribution in [0.25, 0.3) is 0 Å². The summed E-state index contributed by atoms with van der Waals surface area (Å²) >= 11 is 0. The zero-order valence-electron chi connectivity index (χ0n) is 11.6. The van der Waals surface area contributed by atoms with Gasteiger partial charge < -0.3 is 5.11 Å². The number of nitrogens with one attached hydrogen (secondary N) is 1. The van der Waals surface area contributed by atoms with Crippen molar-refractivity contribution in [2.24, 2.45) is 7.05 Å². The fraction of sp³-hybridized carbons (Fsp3) is 0.308. The highest BCUT2D eigenvalue weighted by molar-refractivity contribution is 7.92. The second-order valence-electron chi connectivity index (χ2n) is 4.59. The molecule has 1 aromatic carbocycles. The predicted molar refractivity (Wildman–Crippen MR) is 75.9 cm³/mol. The highest BCUT2D eigenvalue weighted by Gasteiger charge is 2.23. The lowest BCUT2D eigenvalue weighted by molar-refractivity contribution is 0.282. The molecule has 2 aromatic rings. The molecule has 0 aliphatic heterocycles. The Bertz CT molecular complexity index is 735. The smallest absolute Gasteiger partial charge is 0.265 e. The van der Waals surface area contributed by atoms with Crippen LogP contribution < -0.4 is 4.72 Å². The van der Waals surface area contributed by atoms with Gasteiger partial charge in [0.15, 0.2) is 0 Å². The van der Waals surface area contributed by atoms with Gasteiger partial charge in [-0.05, 0) is 31.5 Å². The van der Waals surface area contributed by atoms with E-state index in [4.69, 9.17) is 5.11 Å². The fourth-order valence-electron chi connectivity index (χ4n) is 2.08. The highest BCUT2D eigenvalue weighted by Crippen LogP contribution is 2.22. The highest BCUT2D eigenvalue weighted by atomic mass is 32.2. The number of sulfonamides is 1. The molecule has 0 saturated heterocycles. The first kappa shape index (κ1) is 14.5. The number of nitrogens with zero attached hydrogens (tertiary/aromatic N) is 2. The third-order valence-corrected chi connectivity index (χ3v) is 4.71. The zero-order valence-corrected chi connectivity index (χ0v) is 12.4. The van der Waals surface area contributed by atoms with E-state index in [1.54, 1.807) is 45.2 Å². The number of rotatable bonds is 4. The Hall–Kier alpha value is -1.86. The molecule has 1 aromatic heterocycles. The topological polar surface area (TPSA) is 84.2 Å². The average molecular weight is 295 g/mol. The third-order valence-electron chi connectivity index (χ3n) is 3.07. The first-order valence-electron chi connectivity index (χ1n) is 6.08. The molecule has 0 spiro atoms. The third kappa shape index (κ3) is 2.68. The Morgan fingerprint density at radius 1 is 1.35 bits per heavy atom. The average Bonchev–Trinajstić information content (AvgIpc) is 2.63. The van der Waals surface area contributed by atoms with E-state index in [2.05, 4.69) is 9.82 Å². The number of hydrogen-bond donors (Lipinski definition) is 2. The summed E-state index contributed by atoms with van der Waals surface area (Å²) in [5, 5.41) is 13.2. The van der Waals surface area contributed by atoms with Crippen LogP contribution in [0.1, 0.15) is 17.0 Å². The van der Waals surface area contributed by atoms with Gasteiger partial charge >= 0.3 is 0 Å². The number of aliphatic hydroxyl groups excluding tert-OH is 1. The maximum Gasteiger partial charge on any atom is 0.265 e. The van der Waals surface area contributed by atoms with Crippen molar-refractivity contribution in [2.75, 3.05) is 4.72 Å². The van der Waals surface area contributed by atoms with Crippen LogP contribution in [-0.2, 0) is 23.7 Å². The van der Waals surface area contributed by atoms with Crippen molar-refractivity contribution < 1.29 is 13.5 Å². The van der Waals surface area contributed by atoms with Crippen molar-refractivity contribution in [2.45, 2.75) is 25.3 Å². The summed E-state index contributed by atoms with van der Waals surface area (Å²) in [6.07, 6.45) is 0. The van der Waals surface area contributed by atoms with E-state index in [9.17, 15) is 8.42 Å².